The van der Waals surface area contributed by atoms with E-state index in [1.807, 2.05) is 41.1 Å². The van der Waals surface area contributed by atoms with Crippen LogP contribution in [-0.2, 0) is 24.2 Å². The van der Waals surface area contributed by atoms with Gasteiger partial charge in [-0.3, -0.25) is 4.79 Å². The zero-order valence-corrected chi connectivity index (χ0v) is 15.0. The summed E-state index contributed by atoms with van der Waals surface area (Å²) < 4.78 is 7.74. The molecule has 1 aliphatic heterocycles. The lowest BCUT2D eigenvalue weighted by atomic mass is 10.0. The zero-order chi connectivity index (χ0) is 18.5. The van der Waals surface area contributed by atoms with E-state index in [-0.39, 0.29) is 5.91 Å². The van der Waals surface area contributed by atoms with E-state index in [0.29, 0.717) is 19.6 Å². The van der Waals surface area contributed by atoms with Crippen molar-refractivity contribution in [2.24, 2.45) is 0 Å². The van der Waals surface area contributed by atoms with E-state index in [4.69, 9.17) is 4.74 Å². The minimum Gasteiger partial charge on any atom is -0.491 e. The van der Waals surface area contributed by atoms with Crippen LogP contribution in [0.4, 0.5) is 5.69 Å². The third-order valence-electron chi connectivity index (χ3n) is 4.58. The van der Waals surface area contributed by atoms with Crippen molar-refractivity contribution in [2.75, 3.05) is 11.9 Å². The Morgan fingerprint density at radius 2 is 1.96 bits per heavy atom. The van der Waals surface area contributed by atoms with Gasteiger partial charge in [-0.05, 0) is 40.5 Å². The van der Waals surface area contributed by atoms with Crippen LogP contribution in [0.2, 0.25) is 0 Å². The summed E-state index contributed by atoms with van der Waals surface area (Å²) >= 11 is 0. The molecule has 3 aromatic rings. The second-order valence-electron chi connectivity index (χ2n) is 6.53. The van der Waals surface area contributed by atoms with E-state index in [1.54, 1.807) is 0 Å². The number of amides is 1. The fraction of sp³-hybridized carbons (Fsp3) is 0.300. The average molecular weight is 363 g/mol. The van der Waals surface area contributed by atoms with Gasteiger partial charge in [0, 0.05) is 12.8 Å². The van der Waals surface area contributed by atoms with Crippen molar-refractivity contribution in [3.05, 3.63) is 65.5 Å². The summed E-state index contributed by atoms with van der Waals surface area (Å²) in [6, 6.07) is 16.0. The van der Waals surface area contributed by atoms with Gasteiger partial charge in [0.1, 0.15) is 5.75 Å². The van der Waals surface area contributed by atoms with Crippen LogP contribution in [0.3, 0.4) is 0 Å². The highest BCUT2D eigenvalue weighted by Gasteiger charge is 2.18. The van der Waals surface area contributed by atoms with Gasteiger partial charge in [0.2, 0.25) is 5.91 Å². The number of benzene rings is 2. The lowest BCUT2D eigenvalue weighted by molar-refractivity contribution is -0.116. The number of fused-ring (bicyclic) bond motifs is 1. The molecule has 1 amide bonds. The van der Waals surface area contributed by atoms with Crippen molar-refractivity contribution in [3.8, 4) is 5.75 Å². The normalized spacial score (nSPS) is 13.1. The maximum absolute atomic E-state index is 11.7. The molecule has 2 heterocycles. The number of aromatic nitrogens is 4. The molecule has 7 nitrogen and oxygen atoms in total. The minimum absolute atomic E-state index is 0.0404. The monoisotopic (exact) mass is 363 g/mol. The number of hydrogen-bond donors (Lipinski definition) is 1. The molecule has 0 unspecified atom stereocenters. The predicted molar refractivity (Wildman–Crippen MR) is 101 cm³/mol. The summed E-state index contributed by atoms with van der Waals surface area (Å²) in [6.07, 6.45) is 2.79. The predicted octanol–water partition coefficient (Wildman–Crippen LogP) is 2.62. The molecule has 27 heavy (non-hydrogen) atoms. The molecule has 138 valence electrons. The number of tetrazole rings is 1. The van der Waals surface area contributed by atoms with Crippen molar-refractivity contribution < 1.29 is 9.53 Å². The SMILES string of the molecule is O=C1CCc2cccc(OCCCc3nnnn3Cc3ccccc3)c2N1. The quantitative estimate of drug-likeness (QED) is 0.653. The highest BCUT2D eigenvalue weighted by atomic mass is 16.5. The molecule has 0 bridgehead atoms. The Morgan fingerprint density at radius 1 is 1.07 bits per heavy atom. The standard InChI is InChI=1S/C20H21N5O2/c26-19-12-11-16-8-4-9-17(20(16)21-19)27-13-5-10-18-22-23-24-25(18)14-15-6-2-1-3-7-15/h1-4,6-9H,5,10-14H2,(H,21,26). The van der Waals surface area contributed by atoms with E-state index < -0.39 is 0 Å². The Hall–Kier alpha value is -3.22. The van der Waals surface area contributed by atoms with Crippen molar-refractivity contribution in [1.82, 2.24) is 20.2 Å². The number of ether oxygens (including phenoxy) is 1. The van der Waals surface area contributed by atoms with Crippen molar-refractivity contribution in [2.45, 2.75) is 32.2 Å². The maximum Gasteiger partial charge on any atom is 0.224 e. The number of anilines is 1. The Balaban J connectivity index is 1.33. The maximum atomic E-state index is 11.7. The number of carbonyl (C=O) groups excluding carboxylic acids is 1. The van der Waals surface area contributed by atoms with Crippen LogP contribution >= 0.6 is 0 Å². The summed E-state index contributed by atoms with van der Waals surface area (Å²) in [5, 5.41) is 14.9. The number of rotatable bonds is 7. The van der Waals surface area contributed by atoms with Gasteiger partial charge in [0.05, 0.1) is 18.8 Å². The average Bonchev–Trinajstić information content (AvgIpc) is 3.13. The Morgan fingerprint density at radius 3 is 2.85 bits per heavy atom. The molecule has 4 rings (SSSR count). The van der Waals surface area contributed by atoms with E-state index in [0.717, 1.165) is 47.7 Å². The molecule has 1 aromatic heterocycles. The molecule has 7 heteroatoms. The lowest BCUT2D eigenvalue weighted by Crippen LogP contribution is -2.20. The summed E-state index contributed by atoms with van der Waals surface area (Å²) in [4.78, 5) is 11.7. The first-order valence-electron chi connectivity index (χ1n) is 9.13. The molecule has 0 saturated carbocycles. The first kappa shape index (κ1) is 17.2. The van der Waals surface area contributed by atoms with Gasteiger partial charge in [-0.15, -0.1) is 5.10 Å². The van der Waals surface area contributed by atoms with E-state index in [1.165, 1.54) is 0 Å². The van der Waals surface area contributed by atoms with Crippen LogP contribution in [0.25, 0.3) is 0 Å². The third kappa shape index (κ3) is 4.13. The number of nitrogens with one attached hydrogen (secondary N) is 1. The molecule has 1 N–H and O–H groups in total. The van der Waals surface area contributed by atoms with Gasteiger partial charge in [0.15, 0.2) is 5.82 Å². The third-order valence-corrected chi connectivity index (χ3v) is 4.58. The molecule has 0 saturated heterocycles. The van der Waals surface area contributed by atoms with Gasteiger partial charge in [0.25, 0.3) is 0 Å². The first-order chi connectivity index (χ1) is 13.3. The van der Waals surface area contributed by atoms with Crippen molar-refractivity contribution in [3.63, 3.8) is 0 Å². The van der Waals surface area contributed by atoms with E-state index in [9.17, 15) is 4.79 Å². The second kappa shape index (κ2) is 7.99. The summed E-state index contributed by atoms with van der Waals surface area (Å²) in [5.41, 5.74) is 3.09. The van der Waals surface area contributed by atoms with Gasteiger partial charge < -0.3 is 10.1 Å². The molecular weight excluding hydrogens is 342 g/mol. The van der Waals surface area contributed by atoms with Gasteiger partial charge in [-0.2, -0.15) is 0 Å². The van der Waals surface area contributed by atoms with Gasteiger partial charge >= 0.3 is 0 Å². The molecule has 0 radical (unpaired) electrons. The Bertz CT molecular complexity index is 923. The van der Waals surface area contributed by atoms with E-state index in [2.05, 4.69) is 33.0 Å². The second-order valence-corrected chi connectivity index (χ2v) is 6.53. The molecule has 0 spiro atoms. The van der Waals surface area contributed by atoms with Gasteiger partial charge in [-0.1, -0.05) is 42.5 Å². The van der Waals surface area contributed by atoms with Crippen LogP contribution in [0.1, 0.15) is 29.8 Å². The first-order valence-corrected chi connectivity index (χ1v) is 9.13. The smallest absolute Gasteiger partial charge is 0.224 e. The number of para-hydroxylation sites is 1. The topological polar surface area (TPSA) is 81.9 Å². The Labute approximate surface area is 157 Å². The Kier molecular flexibility index (Phi) is 5.09. The molecule has 1 aliphatic rings. The van der Waals surface area contributed by atoms with E-state index >= 15 is 0 Å². The molecule has 0 aliphatic carbocycles. The molecular formula is C20H21N5O2. The van der Waals surface area contributed by atoms with Crippen LogP contribution < -0.4 is 10.1 Å². The van der Waals surface area contributed by atoms with Crippen molar-refractivity contribution >= 4 is 11.6 Å². The fourth-order valence-electron chi connectivity index (χ4n) is 3.19. The highest BCUT2D eigenvalue weighted by Crippen LogP contribution is 2.32. The summed E-state index contributed by atoms with van der Waals surface area (Å²) in [5.74, 6) is 1.61. The number of hydrogen-bond acceptors (Lipinski definition) is 5. The number of nitrogens with zero attached hydrogens (tertiary/aromatic N) is 4. The minimum atomic E-state index is 0.0404. The molecule has 0 atom stereocenters. The molecule has 0 fully saturated rings. The summed E-state index contributed by atoms with van der Waals surface area (Å²) in [6.45, 7) is 1.19. The fourth-order valence-corrected chi connectivity index (χ4v) is 3.19. The summed E-state index contributed by atoms with van der Waals surface area (Å²) in [7, 11) is 0. The van der Waals surface area contributed by atoms with Crippen molar-refractivity contribution in [1.29, 1.82) is 0 Å². The number of aryl methyl sites for hydroxylation is 2. The van der Waals surface area contributed by atoms with Crippen LogP contribution in [0, 0.1) is 0 Å². The van der Waals surface area contributed by atoms with Gasteiger partial charge in [-0.25, -0.2) is 4.68 Å². The van der Waals surface area contributed by atoms with Crippen LogP contribution in [0.15, 0.2) is 48.5 Å². The largest absolute Gasteiger partial charge is 0.491 e. The zero-order valence-electron chi connectivity index (χ0n) is 15.0. The number of carbonyl (C=O) groups is 1. The highest BCUT2D eigenvalue weighted by molar-refractivity contribution is 5.95. The van der Waals surface area contributed by atoms with Crippen LogP contribution in [-0.4, -0.2) is 32.7 Å². The molecule has 2 aromatic carbocycles. The van der Waals surface area contributed by atoms with Crippen LogP contribution in [0.5, 0.6) is 5.75 Å². The lowest BCUT2D eigenvalue weighted by Gasteiger charge is -2.20.